The van der Waals surface area contributed by atoms with E-state index >= 15 is 0 Å². The van der Waals surface area contributed by atoms with Gasteiger partial charge in [0.1, 0.15) is 17.5 Å². The summed E-state index contributed by atoms with van der Waals surface area (Å²) in [5.74, 6) is 0.669. The van der Waals surface area contributed by atoms with E-state index < -0.39 is 0 Å². The molecule has 2 rings (SSSR count). The molecule has 0 aliphatic carbocycles. The molecule has 5 heteroatoms. The van der Waals surface area contributed by atoms with E-state index in [9.17, 15) is 4.79 Å². The number of benzene rings is 1. The van der Waals surface area contributed by atoms with Crippen molar-refractivity contribution >= 4 is 11.6 Å². The quantitative estimate of drug-likeness (QED) is 0.882. The van der Waals surface area contributed by atoms with Crippen molar-refractivity contribution in [2.24, 2.45) is 5.92 Å². The molecule has 1 aliphatic rings. The van der Waals surface area contributed by atoms with Gasteiger partial charge in [-0.05, 0) is 37.4 Å². The molecule has 106 valence electrons. The standard InChI is InChI=1S/C15H19N3O2/c1-10-5-4-8-17-13(10)15(19)18-14-11(9-16)6-3-7-12(14)20-2/h3,6-7,10,13,17H,4-5,8H2,1-2H3,(H,18,19). The molecule has 0 radical (unpaired) electrons. The van der Waals surface area contributed by atoms with E-state index in [1.54, 1.807) is 18.2 Å². The number of methoxy groups -OCH3 is 1. The molecule has 2 N–H and O–H groups in total. The molecule has 1 amide bonds. The second kappa shape index (κ2) is 6.40. The van der Waals surface area contributed by atoms with Crippen LogP contribution in [0.1, 0.15) is 25.3 Å². The molecule has 1 aromatic rings. The van der Waals surface area contributed by atoms with Crippen LogP contribution in [0.25, 0.3) is 0 Å². The summed E-state index contributed by atoms with van der Waals surface area (Å²) in [7, 11) is 1.52. The zero-order valence-electron chi connectivity index (χ0n) is 11.8. The van der Waals surface area contributed by atoms with Crippen molar-refractivity contribution in [2.75, 3.05) is 19.0 Å². The van der Waals surface area contributed by atoms with Crippen LogP contribution < -0.4 is 15.4 Å². The summed E-state index contributed by atoms with van der Waals surface area (Å²) in [5.41, 5.74) is 0.850. The number of nitrogens with one attached hydrogen (secondary N) is 2. The van der Waals surface area contributed by atoms with Crippen molar-refractivity contribution in [3.8, 4) is 11.8 Å². The first-order chi connectivity index (χ1) is 9.67. The number of anilines is 1. The van der Waals surface area contributed by atoms with Gasteiger partial charge in [-0.3, -0.25) is 4.79 Å². The van der Waals surface area contributed by atoms with Crippen LogP contribution in [-0.4, -0.2) is 25.6 Å². The number of carbonyl (C=O) groups excluding carboxylic acids is 1. The van der Waals surface area contributed by atoms with Crippen molar-refractivity contribution in [3.63, 3.8) is 0 Å². The lowest BCUT2D eigenvalue weighted by Crippen LogP contribution is -2.48. The molecule has 1 aromatic carbocycles. The minimum absolute atomic E-state index is 0.113. The molecule has 1 heterocycles. The monoisotopic (exact) mass is 273 g/mol. The fourth-order valence-corrected chi connectivity index (χ4v) is 2.52. The van der Waals surface area contributed by atoms with Crippen LogP contribution in [0.15, 0.2) is 18.2 Å². The number of hydrogen-bond acceptors (Lipinski definition) is 4. The van der Waals surface area contributed by atoms with Gasteiger partial charge in [-0.1, -0.05) is 13.0 Å². The number of amides is 1. The molecule has 1 saturated heterocycles. The summed E-state index contributed by atoms with van der Waals surface area (Å²) >= 11 is 0. The number of para-hydroxylation sites is 1. The van der Waals surface area contributed by atoms with Gasteiger partial charge in [-0.15, -0.1) is 0 Å². The summed E-state index contributed by atoms with van der Waals surface area (Å²) in [4.78, 5) is 12.4. The summed E-state index contributed by atoms with van der Waals surface area (Å²) in [6, 6.07) is 6.98. The third-order valence-electron chi connectivity index (χ3n) is 3.67. The maximum absolute atomic E-state index is 12.4. The number of ether oxygens (including phenoxy) is 1. The number of nitrogens with zero attached hydrogens (tertiary/aromatic N) is 1. The molecule has 20 heavy (non-hydrogen) atoms. The van der Waals surface area contributed by atoms with E-state index in [0.29, 0.717) is 17.0 Å². The predicted molar refractivity (Wildman–Crippen MR) is 76.5 cm³/mol. The molecule has 0 saturated carbocycles. The van der Waals surface area contributed by atoms with Gasteiger partial charge >= 0.3 is 0 Å². The first-order valence-electron chi connectivity index (χ1n) is 6.78. The Labute approximate surface area is 118 Å². The highest BCUT2D eigenvalue weighted by atomic mass is 16.5. The van der Waals surface area contributed by atoms with Crippen LogP contribution in [0.2, 0.25) is 0 Å². The minimum Gasteiger partial charge on any atom is -0.495 e. The molecule has 2 unspecified atom stereocenters. The Kier molecular flexibility index (Phi) is 4.59. The van der Waals surface area contributed by atoms with Gasteiger partial charge in [0.2, 0.25) is 5.91 Å². The smallest absolute Gasteiger partial charge is 0.241 e. The Morgan fingerprint density at radius 2 is 2.35 bits per heavy atom. The topological polar surface area (TPSA) is 74.1 Å². The Balaban J connectivity index is 2.21. The van der Waals surface area contributed by atoms with E-state index in [-0.39, 0.29) is 17.9 Å². The molecule has 1 fully saturated rings. The van der Waals surface area contributed by atoms with Crippen LogP contribution in [-0.2, 0) is 4.79 Å². The summed E-state index contributed by atoms with van der Waals surface area (Å²) < 4.78 is 5.22. The molecule has 2 atom stereocenters. The van der Waals surface area contributed by atoms with E-state index in [2.05, 4.69) is 23.6 Å². The maximum Gasteiger partial charge on any atom is 0.241 e. The molecule has 0 bridgehead atoms. The van der Waals surface area contributed by atoms with Gasteiger partial charge in [0.05, 0.1) is 18.7 Å². The average Bonchev–Trinajstić information content (AvgIpc) is 2.47. The van der Waals surface area contributed by atoms with Crippen molar-refractivity contribution in [3.05, 3.63) is 23.8 Å². The molecule has 0 aromatic heterocycles. The predicted octanol–water partition coefficient (Wildman–Crippen LogP) is 1.89. The molecule has 5 nitrogen and oxygen atoms in total. The Morgan fingerprint density at radius 3 is 3.00 bits per heavy atom. The lowest BCUT2D eigenvalue weighted by Gasteiger charge is -2.29. The second-order valence-corrected chi connectivity index (χ2v) is 5.04. The summed E-state index contributed by atoms with van der Waals surface area (Å²) in [6.45, 7) is 2.91. The van der Waals surface area contributed by atoms with Crippen molar-refractivity contribution in [1.29, 1.82) is 5.26 Å². The van der Waals surface area contributed by atoms with E-state index in [0.717, 1.165) is 19.4 Å². The van der Waals surface area contributed by atoms with E-state index in [1.165, 1.54) is 7.11 Å². The van der Waals surface area contributed by atoms with Crippen LogP contribution in [0.3, 0.4) is 0 Å². The highest BCUT2D eigenvalue weighted by Crippen LogP contribution is 2.28. The van der Waals surface area contributed by atoms with Crippen LogP contribution in [0.5, 0.6) is 5.75 Å². The van der Waals surface area contributed by atoms with E-state index in [4.69, 9.17) is 10.00 Å². The summed E-state index contributed by atoms with van der Waals surface area (Å²) in [6.07, 6.45) is 2.12. The Bertz CT molecular complexity index is 536. The molecular weight excluding hydrogens is 254 g/mol. The third-order valence-corrected chi connectivity index (χ3v) is 3.67. The lowest BCUT2D eigenvalue weighted by atomic mass is 9.92. The minimum atomic E-state index is -0.222. The average molecular weight is 273 g/mol. The van der Waals surface area contributed by atoms with Gasteiger partial charge in [0.25, 0.3) is 0 Å². The van der Waals surface area contributed by atoms with Gasteiger partial charge in [0.15, 0.2) is 0 Å². The van der Waals surface area contributed by atoms with Crippen LogP contribution in [0, 0.1) is 17.2 Å². The van der Waals surface area contributed by atoms with Crippen LogP contribution >= 0.6 is 0 Å². The highest BCUT2D eigenvalue weighted by Gasteiger charge is 2.28. The van der Waals surface area contributed by atoms with E-state index in [1.807, 2.05) is 0 Å². The number of hydrogen-bond donors (Lipinski definition) is 2. The van der Waals surface area contributed by atoms with Crippen molar-refractivity contribution < 1.29 is 9.53 Å². The summed E-state index contributed by atoms with van der Waals surface area (Å²) in [5, 5.41) is 15.2. The fraction of sp³-hybridized carbons (Fsp3) is 0.467. The zero-order valence-corrected chi connectivity index (χ0v) is 11.8. The third kappa shape index (κ3) is 2.91. The van der Waals surface area contributed by atoms with Gasteiger partial charge in [-0.2, -0.15) is 5.26 Å². The largest absolute Gasteiger partial charge is 0.495 e. The van der Waals surface area contributed by atoms with Gasteiger partial charge < -0.3 is 15.4 Å². The number of nitriles is 1. The second-order valence-electron chi connectivity index (χ2n) is 5.04. The Morgan fingerprint density at radius 1 is 1.55 bits per heavy atom. The van der Waals surface area contributed by atoms with Crippen LogP contribution in [0.4, 0.5) is 5.69 Å². The first-order valence-corrected chi connectivity index (χ1v) is 6.78. The van der Waals surface area contributed by atoms with Gasteiger partial charge in [0, 0.05) is 0 Å². The number of carbonyl (C=O) groups is 1. The SMILES string of the molecule is COc1cccc(C#N)c1NC(=O)C1NCCCC1C. The molecule has 0 spiro atoms. The highest BCUT2D eigenvalue weighted by molar-refractivity contribution is 5.97. The lowest BCUT2D eigenvalue weighted by molar-refractivity contribution is -0.119. The first kappa shape index (κ1) is 14.4. The van der Waals surface area contributed by atoms with Gasteiger partial charge in [-0.25, -0.2) is 0 Å². The zero-order chi connectivity index (χ0) is 14.5. The number of rotatable bonds is 3. The molecule has 1 aliphatic heterocycles. The molecular formula is C15H19N3O2. The van der Waals surface area contributed by atoms with Crippen molar-refractivity contribution in [2.45, 2.75) is 25.8 Å². The fourth-order valence-electron chi connectivity index (χ4n) is 2.52. The number of piperidine rings is 1. The Hall–Kier alpha value is -2.06. The maximum atomic E-state index is 12.4. The normalized spacial score (nSPS) is 21.9. The van der Waals surface area contributed by atoms with Crippen molar-refractivity contribution in [1.82, 2.24) is 5.32 Å².